The lowest BCUT2D eigenvalue weighted by Gasteiger charge is -2.21. The van der Waals surface area contributed by atoms with Crippen LogP contribution in [0.2, 0.25) is 0 Å². The van der Waals surface area contributed by atoms with E-state index >= 15 is 0 Å². The summed E-state index contributed by atoms with van der Waals surface area (Å²) in [7, 11) is 1.97. The number of hydrogen-bond acceptors (Lipinski definition) is 4. The molecule has 0 N–H and O–H groups in total. The third-order valence-electron chi connectivity index (χ3n) is 3.37. The van der Waals surface area contributed by atoms with E-state index in [1.807, 2.05) is 54.4 Å². The average Bonchev–Trinajstić information content (AvgIpc) is 2.54. The maximum atomic E-state index is 9.36. The van der Waals surface area contributed by atoms with Crippen molar-refractivity contribution in [3.05, 3.63) is 66.1 Å². The molecule has 0 saturated carbocycles. The Morgan fingerprint density at radius 3 is 2.67 bits per heavy atom. The van der Waals surface area contributed by atoms with Crippen molar-refractivity contribution >= 4 is 16.6 Å². The molecule has 0 amide bonds. The zero-order valence-electron chi connectivity index (χ0n) is 11.7. The smallest absolute Gasteiger partial charge is 0.103 e. The molecule has 2 aromatic heterocycles. The molecular weight excluding hydrogens is 260 g/mol. The van der Waals surface area contributed by atoms with Crippen LogP contribution in [-0.4, -0.2) is 17.0 Å². The summed E-state index contributed by atoms with van der Waals surface area (Å²) in [5.74, 6) is 0. The highest BCUT2D eigenvalue weighted by Crippen LogP contribution is 2.29. The van der Waals surface area contributed by atoms with Gasteiger partial charge in [-0.2, -0.15) is 5.26 Å². The SMILES string of the molecule is CN(Cc1ccccn1)c1c(C#N)cnc2ccccc12. The minimum absolute atomic E-state index is 0.576. The molecule has 2 heterocycles. The van der Waals surface area contributed by atoms with Gasteiger partial charge in [-0.05, 0) is 18.2 Å². The number of nitrogens with zero attached hydrogens (tertiary/aromatic N) is 4. The van der Waals surface area contributed by atoms with Crippen LogP contribution in [0.25, 0.3) is 10.9 Å². The summed E-state index contributed by atoms with van der Waals surface area (Å²) in [6, 6.07) is 15.9. The van der Waals surface area contributed by atoms with Crippen molar-refractivity contribution in [1.29, 1.82) is 5.26 Å². The van der Waals surface area contributed by atoms with Crippen LogP contribution in [0.1, 0.15) is 11.3 Å². The van der Waals surface area contributed by atoms with Gasteiger partial charge in [0.2, 0.25) is 0 Å². The molecule has 0 aliphatic rings. The van der Waals surface area contributed by atoms with Crippen molar-refractivity contribution < 1.29 is 0 Å². The van der Waals surface area contributed by atoms with E-state index in [-0.39, 0.29) is 0 Å². The molecule has 0 radical (unpaired) electrons. The number of anilines is 1. The highest BCUT2D eigenvalue weighted by Gasteiger charge is 2.13. The molecule has 21 heavy (non-hydrogen) atoms. The van der Waals surface area contributed by atoms with Gasteiger partial charge in [-0.1, -0.05) is 24.3 Å². The Morgan fingerprint density at radius 1 is 1.10 bits per heavy atom. The standard InChI is InChI=1S/C17H14N4/c1-21(12-14-6-4-5-9-19-14)17-13(10-18)11-20-16-8-3-2-7-15(16)17/h2-9,11H,12H2,1H3. The second-order valence-corrected chi connectivity index (χ2v) is 4.83. The van der Waals surface area contributed by atoms with Crippen LogP contribution < -0.4 is 4.90 Å². The van der Waals surface area contributed by atoms with E-state index < -0.39 is 0 Å². The lowest BCUT2D eigenvalue weighted by atomic mass is 10.1. The van der Waals surface area contributed by atoms with Crippen LogP contribution in [0, 0.1) is 11.3 Å². The summed E-state index contributed by atoms with van der Waals surface area (Å²) in [5, 5.41) is 10.3. The summed E-state index contributed by atoms with van der Waals surface area (Å²) in [5.41, 5.74) is 3.32. The van der Waals surface area contributed by atoms with Crippen LogP contribution in [0.4, 0.5) is 5.69 Å². The van der Waals surface area contributed by atoms with Gasteiger partial charge < -0.3 is 4.90 Å². The van der Waals surface area contributed by atoms with Crippen molar-refractivity contribution in [2.75, 3.05) is 11.9 Å². The normalized spacial score (nSPS) is 10.3. The van der Waals surface area contributed by atoms with Gasteiger partial charge in [0.15, 0.2) is 0 Å². The monoisotopic (exact) mass is 274 g/mol. The topological polar surface area (TPSA) is 52.8 Å². The van der Waals surface area contributed by atoms with Gasteiger partial charge in [0.05, 0.1) is 29.0 Å². The Hall–Kier alpha value is -2.93. The average molecular weight is 274 g/mol. The summed E-state index contributed by atoms with van der Waals surface area (Å²) in [4.78, 5) is 10.7. The quantitative estimate of drug-likeness (QED) is 0.736. The largest absolute Gasteiger partial charge is 0.367 e. The van der Waals surface area contributed by atoms with Gasteiger partial charge >= 0.3 is 0 Å². The van der Waals surface area contributed by atoms with E-state index in [4.69, 9.17) is 0 Å². The molecule has 0 aliphatic carbocycles. The molecule has 102 valence electrons. The van der Waals surface area contributed by atoms with Gasteiger partial charge in [-0.25, -0.2) is 0 Å². The molecule has 4 heteroatoms. The van der Waals surface area contributed by atoms with Crippen molar-refractivity contribution in [3.8, 4) is 6.07 Å². The van der Waals surface area contributed by atoms with E-state index in [0.717, 1.165) is 22.3 Å². The first-order chi connectivity index (χ1) is 10.3. The Kier molecular flexibility index (Phi) is 3.48. The van der Waals surface area contributed by atoms with E-state index in [1.165, 1.54) is 0 Å². The third-order valence-corrected chi connectivity index (χ3v) is 3.37. The van der Waals surface area contributed by atoms with Crippen molar-refractivity contribution in [3.63, 3.8) is 0 Å². The zero-order valence-corrected chi connectivity index (χ0v) is 11.7. The van der Waals surface area contributed by atoms with Gasteiger partial charge in [0.25, 0.3) is 0 Å². The summed E-state index contributed by atoms with van der Waals surface area (Å²) < 4.78 is 0. The van der Waals surface area contributed by atoms with Gasteiger partial charge in [0, 0.05) is 24.8 Å². The number of benzene rings is 1. The predicted molar refractivity (Wildman–Crippen MR) is 82.8 cm³/mol. The molecule has 0 bridgehead atoms. The molecule has 0 aliphatic heterocycles. The fourth-order valence-corrected chi connectivity index (χ4v) is 2.43. The summed E-state index contributed by atoms with van der Waals surface area (Å²) in [6.45, 7) is 0.642. The first-order valence-electron chi connectivity index (χ1n) is 6.68. The first-order valence-corrected chi connectivity index (χ1v) is 6.68. The predicted octanol–water partition coefficient (Wildman–Crippen LogP) is 3.14. The number of para-hydroxylation sites is 1. The number of hydrogen-bond donors (Lipinski definition) is 0. The number of pyridine rings is 2. The number of fused-ring (bicyclic) bond motifs is 1. The van der Waals surface area contributed by atoms with Crippen LogP contribution >= 0.6 is 0 Å². The zero-order chi connectivity index (χ0) is 14.7. The summed E-state index contributed by atoms with van der Waals surface area (Å²) >= 11 is 0. The molecule has 0 atom stereocenters. The van der Waals surface area contributed by atoms with E-state index in [9.17, 15) is 5.26 Å². The third kappa shape index (κ3) is 2.54. The van der Waals surface area contributed by atoms with Crippen molar-refractivity contribution in [1.82, 2.24) is 9.97 Å². The minimum atomic E-state index is 0.576. The molecular formula is C17H14N4. The maximum Gasteiger partial charge on any atom is 0.103 e. The van der Waals surface area contributed by atoms with E-state index in [0.29, 0.717) is 12.1 Å². The molecule has 0 fully saturated rings. The lowest BCUT2D eigenvalue weighted by molar-refractivity contribution is 0.886. The van der Waals surface area contributed by atoms with Crippen LogP contribution in [0.3, 0.4) is 0 Å². The van der Waals surface area contributed by atoms with E-state index in [2.05, 4.69) is 16.0 Å². The molecule has 0 spiro atoms. The lowest BCUT2D eigenvalue weighted by Crippen LogP contribution is -2.19. The molecule has 3 aromatic rings. The van der Waals surface area contributed by atoms with Crippen LogP contribution in [0.15, 0.2) is 54.9 Å². The van der Waals surface area contributed by atoms with Crippen molar-refractivity contribution in [2.45, 2.75) is 6.54 Å². The van der Waals surface area contributed by atoms with E-state index in [1.54, 1.807) is 12.4 Å². The molecule has 3 rings (SSSR count). The number of aromatic nitrogens is 2. The Morgan fingerprint density at radius 2 is 1.90 bits per heavy atom. The van der Waals surface area contributed by atoms with Gasteiger partial charge in [-0.15, -0.1) is 0 Å². The first kappa shape index (κ1) is 13.1. The maximum absolute atomic E-state index is 9.36. The molecule has 0 saturated heterocycles. The molecule has 0 unspecified atom stereocenters. The minimum Gasteiger partial charge on any atom is -0.367 e. The second-order valence-electron chi connectivity index (χ2n) is 4.83. The fraction of sp³-hybridized carbons (Fsp3) is 0.118. The van der Waals surface area contributed by atoms with Gasteiger partial charge in [0.1, 0.15) is 6.07 Å². The Bertz CT molecular complexity index is 806. The highest BCUT2D eigenvalue weighted by molar-refractivity contribution is 5.94. The molecule has 1 aromatic carbocycles. The van der Waals surface area contributed by atoms with Gasteiger partial charge in [-0.3, -0.25) is 9.97 Å². The number of rotatable bonds is 3. The van der Waals surface area contributed by atoms with Crippen LogP contribution in [-0.2, 0) is 6.54 Å². The molecule has 4 nitrogen and oxygen atoms in total. The number of nitriles is 1. The summed E-state index contributed by atoms with van der Waals surface area (Å²) in [6.07, 6.45) is 3.41. The van der Waals surface area contributed by atoms with Crippen molar-refractivity contribution in [2.24, 2.45) is 0 Å². The highest BCUT2D eigenvalue weighted by atomic mass is 15.1. The second kappa shape index (κ2) is 5.59. The Labute approximate surface area is 123 Å². The van der Waals surface area contributed by atoms with Crippen LogP contribution in [0.5, 0.6) is 0 Å². The Balaban J connectivity index is 2.08. The fourth-order valence-electron chi connectivity index (χ4n) is 2.43.